The molecule has 1 fully saturated rings. The molecule has 0 bridgehead atoms. The second-order valence-electron chi connectivity index (χ2n) is 7.84. The molecule has 1 saturated heterocycles. The fraction of sp³-hybridized carbons (Fsp3) is 0.400. The predicted octanol–water partition coefficient (Wildman–Crippen LogP) is 4.10. The molecule has 180 valence electrons. The van der Waals surface area contributed by atoms with Gasteiger partial charge >= 0.3 is 12.4 Å². The van der Waals surface area contributed by atoms with Gasteiger partial charge in [0.15, 0.2) is 9.84 Å². The van der Waals surface area contributed by atoms with Gasteiger partial charge in [-0.2, -0.15) is 26.3 Å². The fourth-order valence-electron chi connectivity index (χ4n) is 3.24. The number of halogens is 6. The summed E-state index contributed by atoms with van der Waals surface area (Å²) in [4.78, 5) is 16.3. The molecule has 2 heterocycles. The normalized spacial score (nSPS) is 18.5. The highest BCUT2D eigenvalue weighted by Gasteiger charge is 2.48. The van der Waals surface area contributed by atoms with E-state index >= 15 is 0 Å². The maximum atomic E-state index is 13.2. The van der Waals surface area contributed by atoms with E-state index in [1.54, 1.807) is 0 Å². The minimum Gasteiger partial charge on any atom is -0.365 e. The number of sulfone groups is 1. The molecule has 13 heteroatoms. The molecule has 1 aromatic heterocycles. The zero-order chi connectivity index (χ0) is 24.8. The number of alkyl halides is 6. The average Bonchev–Trinajstić information content (AvgIpc) is 2.73. The van der Waals surface area contributed by atoms with Gasteiger partial charge < -0.3 is 4.74 Å². The summed E-state index contributed by atoms with van der Waals surface area (Å²) in [5.41, 5.74) is -2.18. The summed E-state index contributed by atoms with van der Waals surface area (Å²) in [6.07, 6.45) is -10.1. The van der Waals surface area contributed by atoms with Crippen LogP contribution in [0.2, 0.25) is 0 Å². The summed E-state index contributed by atoms with van der Waals surface area (Å²) in [5, 5.41) is 0. The second-order valence-corrected chi connectivity index (χ2v) is 10.4. The standard InChI is InChI=1S/C20H18F6N2O4S/c1-18(2,33(30,31)14-5-3-4-12(8-14)19(21,22)23)15-10-28(17(29)11-32-15)16-7-6-13(9-27-16)20(24,25)26/h3-9,15H,10-11H2,1-2H3/t15-/m1/s1. The van der Waals surface area contributed by atoms with Crippen LogP contribution in [0.5, 0.6) is 0 Å². The van der Waals surface area contributed by atoms with Crippen LogP contribution in [0.3, 0.4) is 0 Å². The molecule has 0 aliphatic carbocycles. The van der Waals surface area contributed by atoms with Crippen LogP contribution in [0.15, 0.2) is 47.5 Å². The number of hydrogen-bond acceptors (Lipinski definition) is 5. The number of pyridine rings is 1. The minimum absolute atomic E-state index is 0.145. The van der Waals surface area contributed by atoms with E-state index in [0.29, 0.717) is 12.3 Å². The number of morpholine rings is 1. The molecule has 1 atom stereocenters. The summed E-state index contributed by atoms with van der Waals surface area (Å²) in [6, 6.07) is 4.94. The average molecular weight is 496 g/mol. The van der Waals surface area contributed by atoms with Crippen LogP contribution in [-0.4, -0.2) is 43.3 Å². The molecule has 3 rings (SSSR count). The zero-order valence-electron chi connectivity index (χ0n) is 17.2. The lowest BCUT2D eigenvalue weighted by Gasteiger charge is -2.40. The Labute approximate surface area is 185 Å². The van der Waals surface area contributed by atoms with E-state index in [4.69, 9.17) is 4.74 Å². The molecule has 2 aromatic rings. The molecule has 0 N–H and O–H groups in total. The number of nitrogens with zero attached hydrogens (tertiary/aromatic N) is 2. The van der Waals surface area contributed by atoms with E-state index in [2.05, 4.69) is 4.98 Å². The first-order chi connectivity index (χ1) is 15.0. The van der Waals surface area contributed by atoms with Crippen molar-refractivity contribution in [3.63, 3.8) is 0 Å². The molecule has 33 heavy (non-hydrogen) atoms. The van der Waals surface area contributed by atoms with Gasteiger partial charge in [-0.3, -0.25) is 9.69 Å². The van der Waals surface area contributed by atoms with Crippen LogP contribution in [0, 0.1) is 0 Å². The van der Waals surface area contributed by atoms with E-state index in [9.17, 15) is 39.6 Å². The molecule has 6 nitrogen and oxygen atoms in total. The maximum absolute atomic E-state index is 13.2. The molecule has 0 unspecified atom stereocenters. The highest BCUT2D eigenvalue weighted by atomic mass is 32.2. The Hall–Kier alpha value is -2.67. The van der Waals surface area contributed by atoms with Crippen molar-refractivity contribution in [2.24, 2.45) is 0 Å². The van der Waals surface area contributed by atoms with E-state index in [0.717, 1.165) is 35.2 Å². The predicted molar refractivity (Wildman–Crippen MR) is 104 cm³/mol. The molecule has 0 spiro atoms. The van der Waals surface area contributed by atoms with E-state index < -0.39 is 61.6 Å². The molecule has 1 aromatic carbocycles. The molecular formula is C20H18F6N2O4S. The largest absolute Gasteiger partial charge is 0.417 e. The first-order valence-electron chi connectivity index (χ1n) is 9.42. The molecule has 0 saturated carbocycles. The van der Waals surface area contributed by atoms with Crippen LogP contribution < -0.4 is 4.90 Å². The third kappa shape index (κ3) is 4.83. The molecule has 1 aliphatic heterocycles. The summed E-state index contributed by atoms with van der Waals surface area (Å²) in [5.74, 6) is -0.806. The van der Waals surface area contributed by atoms with Crippen molar-refractivity contribution in [2.75, 3.05) is 18.1 Å². The van der Waals surface area contributed by atoms with Gasteiger partial charge in [0.05, 0.1) is 33.4 Å². The highest BCUT2D eigenvalue weighted by Crippen LogP contribution is 2.36. The van der Waals surface area contributed by atoms with Gasteiger partial charge in [-0.05, 0) is 44.2 Å². The molecular weight excluding hydrogens is 478 g/mol. The van der Waals surface area contributed by atoms with Crippen LogP contribution in [0.1, 0.15) is 25.0 Å². The number of amides is 1. The Kier molecular flexibility index (Phi) is 6.26. The number of carbonyl (C=O) groups excluding carboxylic acids is 1. The number of hydrogen-bond donors (Lipinski definition) is 0. The molecule has 1 aliphatic rings. The topological polar surface area (TPSA) is 76.6 Å². The smallest absolute Gasteiger partial charge is 0.365 e. The quantitative estimate of drug-likeness (QED) is 0.596. The Bertz CT molecular complexity index is 1140. The van der Waals surface area contributed by atoms with Crippen molar-refractivity contribution >= 4 is 21.6 Å². The van der Waals surface area contributed by atoms with Crippen LogP contribution >= 0.6 is 0 Å². The third-order valence-corrected chi connectivity index (χ3v) is 7.87. The van der Waals surface area contributed by atoms with E-state index in [1.165, 1.54) is 13.8 Å². The van der Waals surface area contributed by atoms with E-state index in [-0.39, 0.29) is 12.4 Å². The van der Waals surface area contributed by atoms with Crippen molar-refractivity contribution < 1.29 is 44.3 Å². The van der Waals surface area contributed by atoms with Gasteiger partial charge in [0.25, 0.3) is 5.91 Å². The Morgan fingerprint density at radius 2 is 1.64 bits per heavy atom. The van der Waals surface area contributed by atoms with Crippen molar-refractivity contribution in [1.29, 1.82) is 0 Å². The number of ether oxygens (including phenoxy) is 1. The van der Waals surface area contributed by atoms with Gasteiger partial charge in [0.2, 0.25) is 0 Å². The summed E-state index contributed by atoms with van der Waals surface area (Å²) in [6.45, 7) is 1.50. The van der Waals surface area contributed by atoms with Crippen molar-refractivity contribution in [3.8, 4) is 0 Å². The number of carbonyl (C=O) groups is 1. The summed E-state index contributed by atoms with van der Waals surface area (Å²) >= 11 is 0. The van der Waals surface area contributed by atoms with Gasteiger partial charge in [-0.25, -0.2) is 13.4 Å². The Morgan fingerprint density at radius 1 is 1.00 bits per heavy atom. The highest BCUT2D eigenvalue weighted by molar-refractivity contribution is 7.92. The number of anilines is 1. The van der Waals surface area contributed by atoms with E-state index in [1.807, 2.05) is 0 Å². The summed E-state index contributed by atoms with van der Waals surface area (Å²) in [7, 11) is -4.40. The van der Waals surface area contributed by atoms with Gasteiger partial charge in [0.1, 0.15) is 12.4 Å². The number of benzene rings is 1. The Morgan fingerprint density at radius 3 is 2.18 bits per heavy atom. The van der Waals surface area contributed by atoms with Crippen molar-refractivity contribution in [1.82, 2.24) is 4.98 Å². The monoisotopic (exact) mass is 496 g/mol. The second kappa shape index (κ2) is 8.28. The first kappa shape index (κ1) is 25.0. The summed E-state index contributed by atoms with van der Waals surface area (Å²) < 4.78 is 107. The van der Waals surface area contributed by atoms with Crippen molar-refractivity contribution in [3.05, 3.63) is 53.7 Å². The third-order valence-electron chi connectivity index (χ3n) is 5.35. The van der Waals surface area contributed by atoms with Gasteiger partial charge in [-0.1, -0.05) is 6.07 Å². The SMILES string of the molecule is CC(C)([C@H]1CN(c2ccc(C(F)(F)F)cn2)C(=O)CO1)S(=O)(=O)c1cccc(C(F)(F)F)c1. The zero-order valence-corrected chi connectivity index (χ0v) is 18.1. The van der Waals surface area contributed by atoms with Gasteiger partial charge in [0, 0.05) is 6.20 Å². The van der Waals surface area contributed by atoms with Crippen molar-refractivity contribution in [2.45, 2.75) is 41.9 Å². The van der Waals surface area contributed by atoms with Gasteiger partial charge in [-0.15, -0.1) is 0 Å². The Balaban J connectivity index is 1.91. The maximum Gasteiger partial charge on any atom is 0.417 e. The molecule has 0 radical (unpaired) electrons. The van der Waals surface area contributed by atoms with Crippen LogP contribution in [0.4, 0.5) is 32.2 Å². The lowest BCUT2D eigenvalue weighted by Crippen LogP contribution is -2.57. The number of aromatic nitrogens is 1. The number of rotatable bonds is 4. The lowest BCUT2D eigenvalue weighted by atomic mass is 10.0. The first-order valence-corrected chi connectivity index (χ1v) is 10.9. The molecule has 1 amide bonds. The fourth-order valence-corrected chi connectivity index (χ4v) is 4.88. The lowest BCUT2D eigenvalue weighted by molar-refractivity contribution is -0.138. The van der Waals surface area contributed by atoms with Crippen LogP contribution in [-0.2, 0) is 31.7 Å². The van der Waals surface area contributed by atoms with Crippen LogP contribution in [0.25, 0.3) is 0 Å². The minimum atomic E-state index is -4.76.